The van der Waals surface area contributed by atoms with Crippen molar-refractivity contribution in [3.63, 3.8) is 0 Å². The fourth-order valence-corrected chi connectivity index (χ4v) is 5.21. The zero-order valence-electron chi connectivity index (χ0n) is 16.2. The van der Waals surface area contributed by atoms with Crippen molar-refractivity contribution in [3.8, 4) is 0 Å². The summed E-state index contributed by atoms with van der Waals surface area (Å²) in [5.74, 6) is -0.377. The van der Waals surface area contributed by atoms with E-state index in [1.54, 1.807) is 30.3 Å². The Kier molecular flexibility index (Phi) is 6.10. The molecule has 1 aliphatic rings. The predicted molar refractivity (Wildman–Crippen MR) is 116 cm³/mol. The van der Waals surface area contributed by atoms with Crippen LogP contribution in [-0.2, 0) is 27.1 Å². The monoisotopic (exact) mass is 447 g/mol. The Morgan fingerprint density at radius 3 is 2.60 bits per heavy atom. The summed E-state index contributed by atoms with van der Waals surface area (Å²) in [7, 11) is -3.45. The number of benzene rings is 2. The summed E-state index contributed by atoms with van der Waals surface area (Å²) >= 11 is 5.99. The molecule has 1 amide bonds. The fourth-order valence-electron chi connectivity index (χ4n) is 3.48. The van der Waals surface area contributed by atoms with Gasteiger partial charge in [0, 0.05) is 35.6 Å². The molecule has 4 rings (SSSR count). The van der Waals surface area contributed by atoms with E-state index in [4.69, 9.17) is 16.3 Å². The first-order valence-electron chi connectivity index (χ1n) is 9.61. The van der Waals surface area contributed by atoms with Crippen LogP contribution < -0.4 is 5.32 Å². The average molecular weight is 448 g/mol. The summed E-state index contributed by atoms with van der Waals surface area (Å²) in [4.78, 5) is 15.7. The standard InChI is InChI=1S/C21H22ClN3O4S/c22-18-6-5-15-11-20(24-19(15)12-18)21(26)23-13-16-3-1-2-4-17(16)14-30(27,28)25-7-9-29-10-8-25/h1-6,11-12,24H,7-10,13-14H2,(H,23,26). The van der Waals surface area contributed by atoms with E-state index < -0.39 is 10.0 Å². The molecule has 0 aliphatic carbocycles. The largest absolute Gasteiger partial charge is 0.379 e. The third kappa shape index (κ3) is 4.67. The molecular weight excluding hydrogens is 426 g/mol. The van der Waals surface area contributed by atoms with Crippen LogP contribution in [0.3, 0.4) is 0 Å². The Labute approximate surface area is 180 Å². The summed E-state index contributed by atoms with van der Waals surface area (Å²) < 4.78 is 32.2. The summed E-state index contributed by atoms with van der Waals surface area (Å²) in [6, 6.07) is 14.4. The molecule has 7 nitrogen and oxygen atoms in total. The first-order chi connectivity index (χ1) is 14.4. The van der Waals surface area contributed by atoms with E-state index in [1.165, 1.54) is 4.31 Å². The van der Waals surface area contributed by atoms with Crippen molar-refractivity contribution in [1.29, 1.82) is 0 Å². The lowest BCUT2D eigenvalue weighted by molar-refractivity contribution is 0.0729. The van der Waals surface area contributed by atoms with E-state index in [-0.39, 0.29) is 18.2 Å². The Balaban J connectivity index is 1.46. The number of halogens is 1. The SMILES string of the molecule is O=C(NCc1ccccc1CS(=O)(=O)N1CCOCC1)c1cc2ccc(Cl)cc2[nH]1. The third-order valence-corrected chi connectivity index (χ3v) is 7.15. The molecular formula is C21H22ClN3O4S. The van der Waals surface area contributed by atoms with Gasteiger partial charge in [0.05, 0.1) is 19.0 Å². The van der Waals surface area contributed by atoms with Gasteiger partial charge in [0.25, 0.3) is 5.91 Å². The molecule has 0 spiro atoms. The topological polar surface area (TPSA) is 91.5 Å². The molecule has 1 aliphatic heterocycles. The van der Waals surface area contributed by atoms with Crippen molar-refractivity contribution in [1.82, 2.24) is 14.6 Å². The number of carbonyl (C=O) groups is 1. The van der Waals surface area contributed by atoms with Gasteiger partial charge >= 0.3 is 0 Å². The molecule has 2 N–H and O–H groups in total. The van der Waals surface area contributed by atoms with Gasteiger partial charge in [-0.1, -0.05) is 41.9 Å². The molecule has 2 aromatic carbocycles. The quantitative estimate of drug-likeness (QED) is 0.607. The van der Waals surface area contributed by atoms with Gasteiger partial charge in [-0.15, -0.1) is 0 Å². The number of rotatable bonds is 6. The minimum Gasteiger partial charge on any atom is -0.379 e. The zero-order chi connectivity index (χ0) is 21.1. The highest BCUT2D eigenvalue weighted by Gasteiger charge is 2.25. The Hall–Kier alpha value is -2.39. The van der Waals surface area contributed by atoms with Crippen molar-refractivity contribution >= 4 is 38.4 Å². The van der Waals surface area contributed by atoms with E-state index in [0.717, 1.165) is 16.5 Å². The van der Waals surface area contributed by atoms with Crippen LogP contribution in [-0.4, -0.2) is 49.9 Å². The van der Waals surface area contributed by atoms with Gasteiger partial charge in [0.1, 0.15) is 5.69 Å². The number of ether oxygens (including phenoxy) is 1. The Morgan fingerprint density at radius 2 is 1.83 bits per heavy atom. The van der Waals surface area contributed by atoms with Crippen LogP contribution in [0.4, 0.5) is 0 Å². The number of hydrogen-bond donors (Lipinski definition) is 2. The highest BCUT2D eigenvalue weighted by atomic mass is 35.5. The summed E-state index contributed by atoms with van der Waals surface area (Å²) in [6.07, 6.45) is 0. The van der Waals surface area contributed by atoms with Gasteiger partial charge in [-0.3, -0.25) is 4.79 Å². The van der Waals surface area contributed by atoms with Crippen LogP contribution in [0.5, 0.6) is 0 Å². The highest BCUT2D eigenvalue weighted by molar-refractivity contribution is 7.88. The molecule has 1 fully saturated rings. The number of sulfonamides is 1. The lowest BCUT2D eigenvalue weighted by Gasteiger charge is -2.26. The first kappa shape index (κ1) is 20.9. The number of nitrogens with one attached hydrogen (secondary N) is 2. The predicted octanol–water partition coefficient (Wildman–Crippen LogP) is 2.91. The second-order valence-corrected chi connectivity index (χ2v) is 9.54. The van der Waals surface area contributed by atoms with Gasteiger partial charge in [-0.25, -0.2) is 8.42 Å². The number of nitrogens with zero attached hydrogens (tertiary/aromatic N) is 1. The van der Waals surface area contributed by atoms with E-state index in [2.05, 4.69) is 10.3 Å². The third-order valence-electron chi connectivity index (χ3n) is 5.09. The molecule has 1 aromatic heterocycles. The molecule has 0 radical (unpaired) electrons. The molecule has 9 heteroatoms. The molecule has 3 aromatic rings. The number of aromatic amines is 1. The van der Waals surface area contributed by atoms with Crippen molar-refractivity contribution in [3.05, 3.63) is 70.4 Å². The van der Waals surface area contributed by atoms with Crippen molar-refractivity contribution in [2.24, 2.45) is 0 Å². The number of hydrogen-bond acceptors (Lipinski definition) is 4. The molecule has 0 saturated carbocycles. The van der Waals surface area contributed by atoms with Crippen LogP contribution in [0, 0.1) is 0 Å². The zero-order valence-corrected chi connectivity index (χ0v) is 17.8. The van der Waals surface area contributed by atoms with E-state index >= 15 is 0 Å². The van der Waals surface area contributed by atoms with Crippen LogP contribution in [0.1, 0.15) is 21.6 Å². The minimum atomic E-state index is -3.45. The molecule has 0 atom stereocenters. The number of H-pyrrole nitrogens is 1. The normalized spacial score (nSPS) is 15.4. The molecule has 2 heterocycles. The lowest BCUT2D eigenvalue weighted by atomic mass is 10.1. The summed E-state index contributed by atoms with van der Waals surface area (Å²) in [5, 5.41) is 4.34. The maximum absolute atomic E-state index is 12.8. The molecule has 0 bridgehead atoms. The smallest absolute Gasteiger partial charge is 0.267 e. The van der Waals surface area contributed by atoms with Gasteiger partial charge in [0.15, 0.2) is 0 Å². The molecule has 158 valence electrons. The Morgan fingerprint density at radius 1 is 1.10 bits per heavy atom. The first-order valence-corrected chi connectivity index (χ1v) is 11.6. The summed E-state index contributed by atoms with van der Waals surface area (Å²) in [5.41, 5.74) is 2.64. The minimum absolute atomic E-state index is 0.107. The Bertz CT molecular complexity index is 1170. The van der Waals surface area contributed by atoms with Crippen molar-refractivity contribution in [2.75, 3.05) is 26.3 Å². The van der Waals surface area contributed by atoms with Gasteiger partial charge in [-0.05, 0) is 29.3 Å². The molecule has 1 saturated heterocycles. The second kappa shape index (κ2) is 8.77. The van der Waals surface area contributed by atoms with Gasteiger partial charge in [-0.2, -0.15) is 4.31 Å². The summed E-state index contributed by atoms with van der Waals surface area (Å²) in [6.45, 7) is 1.78. The number of fused-ring (bicyclic) bond motifs is 1. The lowest BCUT2D eigenvalue weighted by Crippen LogP contribution is -2.41. The number of amides is 1. The maximum atomic E-state index is 12.8. The van der Waals surface area contributed by atoms with Gasteiger partial charge in [0.2, 0.25) is 10.0 Å². The van der Waals surface area contributed by atoms with Crippen LogP contribution >= 0.6 is 11.6 Å². The number of morpholine rings is 1. The second-order valence-electron chi connectivity index (χ2n) is 7.13. The van der Waals surface area contributed by atoms with Crippen LogP contribution in [0.25, 0.3) is 10.9 Å². The van der Waals surface area contributed by atoms with Gasteiger partial charge < -0.3 is 15.0 Å². The van der Waals surface area contributed by atoms with E-state index in [1.807, 2.05) is 18.2 Å². The highest BCUT2D eigenvalue weighted by Crippen LogP contribution is 2.20. The van der Waals surface area contributed by atoms with Crippen LogP contribution in [0.15, 0.2) is 48.5 Å². The molecule has 30 heavy (non-hydrogen) atoms. The fraction of sp³-hybridized carbons (Fsp3) is 0.286. The number of carbonyl (C=O) groups excluding carboxylic acids is 1. The average Bonchev–Trinajstić information content (AvgIpc) is 3.16. The van der Waals surface area contributed by atoms with Crippen LogP contribution in [0.2, 0.25) is 5.02 Å². The van der Waals surface area contributed by atoms with Crippen molar-refractivity contribution in [2.45, 2.75) is 12.3 Å². The van der Waals surface area contributed by atoms with E-state index in [9.17, 15) is 13.2 Å². The molecule has 0 unspecified atom stereocenters. The number of aromatic nitrogens is 1. The van der Waals surface area contributed by atoms with Crippen molar-refractivity contribution < 1.29 is 17.9 Å². The van der Waals surface area contributed by atoms with E-state index in [0.29, 0.717) is 42.6 Å². The maximum Gasteiger partial charge on any atom is 0.267 e.